The lowest BCUT2D eigenvalue weighted by Gasteiger charge is -2.19. The molecule has 5 nitrogen and oxygen atoms in total. The average molecular weight is 386 g/mol. The van der Waals surface area contributed by atoms with E-state index >= 15 is 0 Å². The lowest BCUT2D eigenvalue weighted by molar-refractivity contribution is 0.435. The predicted octanol–water partition coefficient (Wildman–Crippen LogP) is 4.91. The van der Waals surface area contributed by atoms with Crippen LogP contribution in [0, 0.1) is 13.8 Å². The third-order valence-corrected chi connectivity index (χ3v) is 6.25. The van der Waals surface area contributed by atoms with Gasteiger partial charge in [-0.3, -0.25) is 14.3 Å². The van der Waals surface area contributed by atoms with Crippen molar-refractivity contribution in [3.8, 4) is 11.1 Å². The van der Waals surface area contributed by atoms with Gasteiger partial charge in [-0.15, -0.1) is 0 Å². The zero-order chi connectivity index (χ0) is 20.1. The van der Waals surface area contributed by atoms with Crippen LogP contribution >= 0.6 is 0 Å². The van der Waals surface area contributed by atoms with E-state index in [0.29, 0.717) is 11.3 Å². The molecule has 1 aliphatic rings. The standard InChI is InChI=1S/C24H26N4O/c1-15-11-19(12-16(2)25-15)18-9-10-20-22(13-18)28-23(27(3)24(20)29)14-21(26-28)17-7-5-4-6-8-17/h9-14,17H,4-8H2,1-3H3. The van der Waals surface area contributed by atoms with E-state index in [2.05, 4.69) is 29.2 Å². The second kappa shape index (κ2) is 6.83. The minimum atomic E-state index is 0.0243. The molecule has 3 aromatic heterocycles. The Labute approximate surface area is 170 Å². The van der Waals surface area contributed by atoms with Crippen LogP contribution in [-0.4, -0.2) is 19.2 Å². The van der Waals surface area contributed by atoms with E-state index in [1.165, 1.54) is 32.1 Å². The molecule has 0 atom stereocenters. The largest absolute Gasteiger partial charge is 0.296 e. The van der Waals surface area contributed by atoms with Crippen LogP contribution in [0.4, 0.5) is 0 Å². The molecular weight excluding hydrogens is 360 g/mol. The maximum atomic E-state index is 13.0. The summed E-state index contributed by atoms with van der Waals surface area (Å²) in [6.07, 6.45) is 6.23. The Kier molecular flexibility index (Phi) is 4.26. The van der Waals surface area contributed by atoms with Gasteiger partial charge in [0.1, 0.15) is 5.65 Å². The molecule has 1 fully saturated rings. The Bertz CT molecular complexity index is 1270. The van der Waals surface area contributed by atoms with Gasteiger partial charge in [0.25, 0.3) is 5.56 Å². The van der Waals surface area contributed by atoms with Crippen molar-refractivity contribution in [1.29, 1.82) is 0 Å². The first-order chi connectivity index (χ1) is 14.0. The second-order valence-electron chi connectivity index (χ2n) is 8.41. The lowest BCUT2D eigenvalue weighted by atomic mass is 9.87. The number of fused-ring (bicyclic) bond motifs is 3. The lowest BCUT2D eigenvalue weighted by Crippen LogP contribution is -2.19. The van der Waals surface area contributed by atoms with E-state index in [9.17, 15) is 4.79 Å². The van der Waals surface area contributed by atoms with Gasteiger partial charge in [-0.1, -0.05) is 25.3 Å². The fourth-order valence-electron chi connectivity index (χ4n) is 4.76. The van der Waals surface area contributed by atoms with E-state index < -0.39 is 0 Å². The summed E-state index contributed by atoms with van der Waals surface area (Å²) in [5.74, 6) is 0.502. The molecule has 0 unspecified atom stereocenters. The highest BCUT2D eigenvalue weighted by Gasteiger charge is 2.20. The highest BCUT2D eigenvalue weighted by molar-refractivity contribution is 5.85. The molecule has 29 heavy (non-hydrogen) atoms. The molecule has 0 aliphatic heterocycles. The van der Waals surface area contributed by atoms with Crippen molar-refractivity contribution in [2.75, 3.05) is 0 Å². The minimum absolute atomic E-state index is 0.0243. The Hall–Kier alpha value is -2.95. The summed E-state index contributed by atoms with van der Waals surface area (Å²) >= 11 is 0. The first-order valence-electron chi connectivity index (χ1n) is 10.5. The molecular formula is C24H26N4O. The third kappa shape index (κ3) is 3.05. The molecule has 3 heterocycles. The van der Waals surface area contributed by atoms with E-state index in [-0.39, 0.29) is 5.56 Å². The Morgan fingerprint density at radius 2 is 1.66 bits per heavy atom. The molecule has 0 spiro atoms. The molecule has 148 valence electrons. The summed E-state index contributed by atoms with van der Waals surface area (Å²) in [6.45, 7) is 4.02. The summed E-state index contributed by atoms with van der Waals surface area (Å²) in [5, 5.41) is 5.68. The van der Waals surface area contributed by atoms with Crippen molar-refractivity contribution in [2.45, 2.75) is 51.9 Å². The molecule has 5 rings (SSSR count). The van der Waals surface area contributed by atoms with Crippen molar-refractivity contribution in [1.82, 2.24) is 19.2 Å². The number of aryl methyl sites for hydroxylation is 3. The molecule has 0 bridgehead atoms. The van der Waals surface area contributed by atoms with Crippen LogP contribution in [0.1, 0.15) is 55.1 Å². The first-order valence-corrected chi connectivity index (χ1v) is 10.5. The number of hydrogen-bond acceptors (Lipinski definition) is 3. The van der Waals surface area contributed by atoms with Gasteiger partial charge in [0.2, 0.25) is 0 Å². The minimum Gasteiger partial charge on any atom is -0.296 e. The first kappa shape index (κ1) is 18.1. The van der Waals surface area contributed by atoms with Gasteiger partial charge in [-0.25, -0.2) is 4.52 Å². The van der Waals surface area contributed by atoms with Crippen molar-refractivity contribution >= 4 is 16.6 Å². The Morgan fingerprint density at radius 3 is 2.38 bits per heavy atom. The van der Waals surface area contributed by atoms with Crippen molar-refractivity contribution < 1.29 is 0 Å². The topological polar surface area (TPSA) is 52.2 Å². The second-order valence-corrected chi connectivity index (χ2v) is 8.41. The Balaban J connectivity index is 1.75. The van der Waals surface area contributed by atoms with Crippen LogP contribution in [0.2, 0.25) is 0 Å². The summed E-state index contributed by atoms with van der Waals surface area (Å²) in [7, 11) is 1.84. The van der Waals surface area contributed by atoms with Gasteiger partial charge < -0.3 is 0 Å². The van der Waals surface area contributed by atoms with Gasteiger partial charge in [-0.2, -0.15) is 5.10 Å². The highest BCUT2D eigenvalue weighted by Crippen LogP contribution is 2.33. The fraction of sp³-hybridized carbons (Fsp3) is 0.375. The molecule has 0 radical (unpaired) electrons. The zero-order valence-corrected chi connectivity index (χ0v) is 17.3. The molecule has 1 saturated carbocycles. The average Bonchev–Trinajstić information content (AvgIpc) is 3.17. The third-order valence-electron chi connectivity index (χ3n) is 6.25. The fourth-order valence-corrected chi connectivity index (χ4v) is 4.76. The van der Waals surface area contributed by atoms with Crippen molar-refractivity contribution in [3.63, 3.8) is 0 Å². The number of pyridine rings is 1. The number of nitrogens with zero attached hydrogens (tertiary/aromatic N) is 4. The van der Waals surface area contributed by atoms with Crippen LogP contribution < -0.4 is 5.56 Å². The van der Waals surface area contributed by atoms with Crippen LogP contribution in [-0.2, 0) is 7.05 Å². The Morgan fingerprint density at radius 1 is 0.931 bits per heavy atom. The monoisotopic (exact) mass is 386 g/mol. The van der Waals surface area contributed by atoms with Gasteiger partial charge in [0.05, 0.1) is 16.6 Å². The van der Waals surface area contributed by atoms with Crippen molar-refractivity contribution in [2.24, 2.45) is 7.05 Å². The van der Waals surface area contributed by atoms with E-state index in [1.807, 2.05) is 37.5 Å². The van der Waals surface area contributed by atoms with Gasteiger partial charge in [0.15, 0.2) is 0 Å². The maximum absolute atomic E-state index is 13.0. The van der Waals surface area contributed by atoms with Crippen LogP contribution in [0.3, 0.4) is 0 Å². The molecule has 0 amide bonds. The molecule has 1 aliphatic carbocycles. The molecule has 0 saturated heterocycles. The van der Waals surface area contributed by atoms with E-state index in [0.717, 1.165) is 39.4 Å². The molecule has 0 N–H and O–H groups in total. The molecule has 4 aromatic rings. The predicted molar refractivity (Wildman–Crippen MR) is 116 cm³/mol. The zero-order valence-electron chi connectivity index (χ0n) is 17.3. The summed E-state index contributed by atoms with van der Waals surface area (Å²) in [6, 6.07) is 12.3. The number of benzene rings is 1. The van der Waals surface area contributed by atoms with Gasteiger partial charge in [-0.05, 0) is 62.1 Å². The van der Waals surface area contributed by atoms with E-state index in [1.54, 1.807) is 4.57 Å². The van der Waals surface area contributed by atoms with Crippen LogP contribution in [0.5, 0.6) is 0 Å². The SMILES string of the molecule is Cc1cc(-c2ccc3c(=O)n(C)c4cc(C5CCCCC5)nn4c3c2)cc(C)n1. The number of hydrogen-bond donors (Lipinski definition) is 0. The number of aromatic nitrogens is 4. The summed E-state index contributed by atoms with van der Waals surface area (Å²) in [5.41, 5.74) is 7.06. The summed E-state index contributed by atoms with van der Waals surface area (Å²) < 4.78 is 3.69. The van der Waals surface area contributed by atoms with E-state index in [4.69, 9.17) is 5.10 Å². The molecule has 1 aromatic carbocycles. The van der Waals surface area contributed by atoms with Crippen LogP contribution in [0.25, 0.3) is 27.7 Å². The summed E-state index contributed by atoms with van der Waals surface area (Å²) in [4.78, 5) is 17.5. The van der Waals surface area contributed by atoms with Gasteiger partial charge in [0, 0.05) is 30.4 Å². The normalized spacial score (nSPS) is 15.4. The highest BCUT2D eigenvalue weighted by atomic mass is 16.1. The molecule has 5 heteroatoms. The quantitative estimate of drug-likeness (QED) is 0.492. The van der Waals surface area contributed by atoms with Crippen molar-refractivity contribution in [3.05, 3.63) is 63.8 Å². The number of rotatable bonds is 2. The van der Waals surface area contributed by atoms with Crippen LogP contribution in [0.15, 0.2) is 41.2 Å². The maximum Gasteiger partial charge on any atom is 0.261 e. The smallest absolute Gasteiger partial charge is 0.261 e. The van der Waals surface area contributed by atoms with Gasteiger partial charge >= 0.3 is 0 Å².